The van der Waals surface area contributed by atoms with Gasteiger partial charge in [-0.05, 0) is 17.5 Å². The van der Waals surface area contributed by atoms with Crippen LogP contribution in [0.5, 0.6) is 0 Å². The molecule has 0 saturated carbocycles. The van der Waals surface area contributed by atoms with Crippen LogP contribution in [-0.4, -0.2) is 17.9 Å². The molecule has 0 atom stereocenters. The summed E-state index contributed by atoms with van der Waals surface area (Å²) in [5.74, 6) is -0.624. The summed E-state index contributed by atoms with van der Waals surface area (Å²) in [5.41, 5.74) is 0.760. The Morgan fingerprint density at radius 1 is 1.57 bits per heavy atom. The van der Waals surface area contributed by atoms with Gasteiger partial charge in [0.2, 0.25) is 0 Å². The van der Waals surface area contributed by atoms with Gasteiger partial charge in [0.25, 0.3) is 5.91 Å². The number of hydrogen-bond acceptors (Lipinski definition) is 2. The average Bonchev–Trinajstić information content (AvgIpc) is 2.17. The SMILES string of the molecule is CNC(=O)c1cc(C(C)C)c(F)cn1. The molecular formula is C10H13FN2O. The number of carbonyl (C=O) groups is 1. The third kappa shape index (κ3) is 2.07. The predicted molar refractivity (Wildman–Crippen MR) is 51.7 cm³/mol. The Balaban J connectivity index is 3.13. The summed E-state index contributed by atoms with van der Waals surface area (Å²) in [7, 11) is 1.52. The largest absolute Gasteiger partial charge is 0.354 e. The van der Waals surface area contributed by atoms with Crippen LogP contribution in [0.2, 0.25) is 0 Å². The lowest BCUT2D eigenvalue weighted by Gasteiger charge is -2.07. The summed E-state index contributed by atoms with van der Waals surface area (Å²) in [5, 5.41) is 2.44. The first-order valence-electron chi connectivity index (χ1n) is 4.43. The molecule has 0 unspecified atom stereocenters. The molecule has 76 valence electrons. The van der Waals surface area contributed by atoms with Crippen molar-refractivity contribution in [1.82, 2.24) is 10.3 Å². The van der Waals surface area contributed by atoms with E-state index in [-0.39, 0.29) is 23.3 Å². The molecule has 1 N–H and O–H groups in total. The fraction of sp³-hybridized carbons (Fsp3) is 0.400. The number of carbonyl (C=O) groups excluding carboxylic acids is 1. The zero-order valence-electron chi connectivity index (χ0n) is 8.47. The quantitative estimate of drug-likeness (QED) is 0.782. The van der Waals surface area contributed by atoms with Gasteiger partial charge < -0.3 is 5.32 Å². The number of aromatic nitrogens is 1. The maximum Gasteiger partial charge on any atom is 0.269 e. The fourth-order valence-electron chi connectivity index (χ4n) is 1.15. The molecule has 0 spiro atoms. The predicted octanol–water partition coefficient (Wildman–Crippen LogP) is 1.70. The topological polar surface area (TPSA) is 42.0 Å². The van der Waals surface area contributed by atoms with E-state index in [9.17, 15) is 9.18 Å². The molecule has 3 nitrogen and oxygen atoms in total. The second kappa shape index (κ2) is 4.17. The van der Waals surface area contributed by atoms with Gasteiger partial charge >= 0.3 is 0 Å². The molecule has 0 aliphatic heterocycles. The number of amides is 1. The number of pyridine rings is 1. The van der Waals surface area contributed by atoms with E-state index in [0.717, 1.165) is 6.20 Å². The molecule has 1 heterocycles. The highest BCUT2D eigenvalue weighted by molar-refractivity contribution is 5.92. The molecule has 1 aromatic rings. The van der Waals surface area contributed by atoms with Crippen molar-refractivity contribution in [1.29, 1.82) is 0 Å². The minimum absolute atomic E-state index is 0.0430. The van der Waals surface area contributed by atoms with Gasteiger partial charge in [0.1, 0.15) is 11.5 Å². The number of halogens is 1. The van der Waals surface area contributed by atoms with Crippen molar-refractivity contribution < 1.29 is 9.18 Å². The Morgan fingerprint density at radius 3 is 2.71 bits per heavy atom. The van der Waals surface area contributed by atoms with Crippen LogP contribution in [0, 0.1) is 5.82 Å². The fourth-order valence-corrected chi connectivity index (χ4v) is 1.15. The zero-order chi connectivity index (χ0) is 10.7. The van der Waals surface area contributed by atoms with Crippen LogP contribution in [-0.2, 0) is 0 Å². The maximum atomic E-state index is 13.2. The number of nitrogens with one attached hydrogen (secondary N) is 1. The summed E-state index contributed by atoms with van der Waals surface area (Å²) >= 11 is 0. The molecule has 0 radical (unpaired) electrons. The lowest BCUT2D eigenvalue weighted by molar-refractivity contribution is 0.0958. The van der Waals surface area contributed by atoms with Crippen LogP contribution in [0.3, 0.4) is 0 Å². The molecule has 0 aliphatic carbocycles. The summed E-state index contributed by atoms with van der Waals surface area (Å²) in [6.45, 7) is 3.73. The van der Waals surface area contributed by atoms with Crippen molar-refractivity contribution in [3.63, 3.8) is 0 Å². The molecule has 0 saturated heterocycles. The van der Waals surface area contributed by atoms with E-state index in [2.05, 4.69) is 10.3 Å². The minimum Gasteiger partial charge on any atom is -0.354 e. The van der Waals surface area contributed by atoms with Crippen molar-refractivity contribution in [2.24, 2.45) is 0 Å². The second-order valence-electron chi connectivity index (χ2n) is 3.32. The first-order chi connectivity index (χ1) is 6.56. The number of rotatable bonds is 2. The third-order valence-electron chi connectivity index (χ3n) is 1.97. The molecule has 0 aliphatic rings. The zero-order valence-corrected chi connectivity index (χ0v) is 8.47. The second-order valence-corrected chi connectivity index (χ2v) is 3.32. The summed E-state index contributed by atoms with van der Waals surface area (Å²) in [4.78, 5) is 14.9. The Labute approximate surface area is 82.4 Å². The van der Waals surface area contributed by atoms with Gasteiger partial charge in [-0.25, -0.2) is 9.37 Å². The number of nitrogens with zero attached hydrogens (tertiary/aromatic N) is 1. The molecule has 0 fully saturated rings. The molecule has 1 aromatic heterocycles. The maximum absolute atomic E-state index is 13.2. The Bertz CT molecular complexity index is 350. The van der Waals surface area contributed by atoms with Crippen molar-refractivity contribution in [3.05, 3.63) is 29.3 Å². The van der Waals surface area contributed by atoms with Crippen LogP contribution in [0.1, 0.15) is 35.8 Å². The molecule has 1 amide bonds. The highest BCUT2D eigenvalue weighted by Gasteiger charge is 2.11. The van der Waals surface area contributed by atoms with Gasteiger partial charge in [-0.15, -0.1) is 0 Å². The van der Waals surface area contributed by atoms with Crippen LogP contribution < -0.4 is 5.32 Å². The van der Waals surface area contributed by atoms with E-state index in [0.29, 0.717) is 5.56 Å². The normalized spacial score (nSPS) is 10.4. The standard InChI is InChI=1S/C10H13FN2O/c1-6(2)7-4-9(10(14)12-3)13-5-8(7)11/h4-6H,1-3H3,(H,12,14). The van der Waals surface area contributed by atoms with Crippen LogP contribution in [0.4, 0.5) is 4.39 Å². The third-order valence-corrected chi connectivity index (χ3v) is 1.97. The minimum atomic E-state index is -0.368. The first-order valence-corrected chi connectivity index (χ1v) is 4.43. The summed E-state index contributed by atoms with van der Waals surface area (Å²) in [6, 6.07) is 1.48. The lowest BCUT2D eigenvalue weighted by Crippen LogP contribution is -2.19. The van der Waals surface area contributed by atoms with Crippen LogP contribution >= 0.6 is 0 Å². The molecule has 14 heavy (non-hydrogen) atoms. The average molecular weight is 196 g/mol. The van der Waals surface area contributed by atoms with Gasteiger partial charge in [0.15, 0.2) is 0 Å². The Hall–Kier alpha value is -1.45. The van der Waals surface area contributed by atoms with Crippen molar-refractivity contribution in [2.75, 3.05) is 7.05 Å². The highest BCUT2D eigenvalue weighted by atomic mass is 19.1. The molecule has 4 heteroatoms. The molecule has 1 rings (SSSR count). The van der Waals surface area contributed by atoms with Gasteiger partial charge in [0.05, 0.1) is 6.20 Å². The van der Waals surface area contributed by atoms with E-state index in [1.54, 1.807) is 0 Å². The van der Waals surface area contributed by atoms with Crippen LogP contribution in [0.15, 0.2) is 12.3 Å². The van der Waals surface area contributed by atoms with E-state index < -0.39 is 0 Å². The Morgan fingerprint density at radius 2 is 2.21 bits per heavy atom. The van der Waals surface area contributed by atoms with Gasteiger partial charge in [-0.3, -0.25) is 4.79 Å². The lowest BCUT2D eigenvalue weighted by atomic mass is 10.0. The number of hydrogen-bond donors (Lipinski definition) is 1. The van der Waals surface area contributed by atoms with Gasteiger partial charge in [-0.1, -0.05) is 13.8 Å². The van der Waals surface area contributed by atoms with Crippen LogP contribution in [0.25, 0.3) is 0 Å². The summed E-state index contributed by atoms with van der Waals surface area (Å²) in [6.07, 6.45) is 1.08. The monoisotopic (exact) mass is 196 g/mol. The Kier molecular flexibility index (Phi) is 3.17. The summed E-state index contributed by atoms with van der Waals surface area (Å²) < 4.78 is 13.2. The van der Waals surface area contributed by atoms with Crippen molar-refractivity contribution in [2.45, 2.75) is 19.8 Å². The van der Waals surface area contributed by atoms with Crippen molar-refractivity contribution in [3.8, 4) is 0 Å². The molecule has 0 aromatic carbocycles. The van der Waals surface area contributed by atoms with E-state index in [4.69, 9.17) is 0 Å². The van der Waals surface area contributed by atoms with Crippen molar-refractivity contribution >= 4 is 5.91 Å². The van der Waals surface area contributed by atoms with E-state index in [1.165, 1.54) is 13.1 Å². The molecule has 0 bridgehead atoms. The van der Waals surface area contributed by atoms with Gasteiger partial charge in [-0.2, -0.15) is 0 Å². The van der Waals surface area contributed by atoms with Gasteiger partial charge in [0, 0.05) is 7.05 Å². The van der Waals surface area contributed by atoms with E-state index in [1.807, 2.05) is 13.8 Å². The first kappa shape index (κ1) is 10.6. The molecular weight excluding hydrogens is 183 g/mol. The van der Waals surface area contributed by atoms with E-state index >= 15 is 0 Å². The highest BCUT2D eigenvalue weighted by Crippen LogP contribution is 2.18. The smallest absolute Gasteiger partial charge is 0.269 e.